The molecule has 0 saturated carbocycles. The highest BCUT2D eigenvalue weighted by Crippen LogP contribution is 2.31. The van der Waals surface area contributed by atoms with Crippen molar-refractivity contribution in [2.75, 3.05) is 0 Å². The Kier molecular flexibility index (Phi) is 8.89. The summed E-state index contributed by atoms with van der Waals surface area (Å²) in [7, 11) is 0. The molecule has 0 saturated heterocycles. The number of rotatable bonds is 10. The minimum absolute atomic E-state index is 0.113. The molecule has 0 bridgehead atoms. The van der Waals surface area contributed by atoms with Crippen molar-refractivity contribution in [1.29, 1.82) is 0 Å². The number of amides is 1. The van der Waals surface area contributed by atoms with Crippen molar-refractivity contribution in [3.05, 3.63) is 99.2 Å². The zero-order chi connectivity index (χ0) is 29.1. The van der Waals surface area contributed by atoms with Gasteiger partial charge in [0, 0.05) is 28.7 Å². The van der Waals surface area contributed by atoms with E-state index in [1.807, 2.05) is 43.3 Å². The van der Waals surface area contributed by atoms with E-state index in [9.17, 15) is 14.7 Å². The van der Waals surface area contributed by atoms with Gasteiger partial charge in [-0.2, -0.15) is 0 Å². The highest BCUT2D eigenvalue weighted by atomic mass is 35.5. The lowest BCUT2D eigenvalue weighted by molar-refractivity contribution is -0.145. The molecule has 4 aromatic rings. The zero-order valence-electron chi connectivity index (χ0n) is 23.9. The predicted molar refractivity (Wildman–Crippen MR) is 161 cm³/mol. The van der Waals surface area contributed by atoms with Crippen LogP contribution >= 0.6 is 11.6 Å². The third kappa shape index (κ3) is 6.18. The number of carboxylic acid groups (broad SMARTS) is 1. The number of hydrogen-bond donors (Lipinski definition) is 2. The lowest BCUT2D eigenvalue weighted by atomic mass is 9.98. The average Bonchev–Trinajstić information content (AvgIpc) is 3.17. The summed E-state index contributed by atoms with van der Waals surface area (Å²) >= 11 is 6.32. The van der Waals surface area contributed by atoms with E-state index in [1.54, 1.807) is 19.1 Å². The number of nitrogens with zero attached hydrogens (tertiary/aromatic N) is 1. The van der Waals surface area contributed by atoms with Gasteiger partial charge >= 0.3 is 5.97 Å². The fraction of sp³-hybridized carbons (Fsp3) is 0.333. The molecule has 0 radical (unpaired) electrons. The maximum absolute atomic E-state index is 13.2. The van der Waals surface area contributed by atoms with Crippen LogP contribution in [0.15, 0.2) is 60.7 Å². The van der Waals surface area contributed by atoms with Crippen molar-refractivity contribution < 1.29 is 19.4 Å². The molecule has 1 heterocycles. The molecule has 0 aliphatic carbocycles. The van der Waals surface area contributed by atoms with E-state index in [4.69, 9.17) is 16.3 Å². The monoisotopic (exact) mass is 560 g/mol. The van der Waals surface area contributed by atoms with Gasteiger partial charge in [-0.25, -0.2) is 4.79 Å². The topological polar surface area (TPSA) is 80.6 Å². The van der Waals surface area contributed by atoms with Gasteiger partial charge < -0.3 is 19.7 Å². The van der Waals surface area contributed by atoms with E-state index >= 15 is 0 Å². The zero-order valence-corrected chi connectivity index (χ0v) is 24.7. The third-order valence-electron chi connectivity index (χ3n) is 7.58. The van der Waals surface area contributed by atoms with Crippen LogP contribution < -0.4 is 10.1 Å². The Bertz CT molecular complexity index is 1560. The minimum Gasteiger partial charge on any atom is -0.479 e. The van der Waals surface area contributed by atoms with Crippen LogP contribution in [-0.4, -0.2) is 27.7 Å². The van der Waals surface area contributed by atoms with Crippen LogP contribution in [0.3, 0.4) is 0 Å². The van der Waals surface area contributed by atoms with Crippen molar-refractivity contribution in [2.45, 2.75) is 72.6 Å². The lowest BCUT2D eigenvalue weighted by Crippen LogP contribution is -2.26. The van der Waals surface area contributed by atoms with Crippen LogP contribution in [0.2, 0.25) is 5.02 Å². The summed E-state index contributed by atoms with van der Waals surface area (Å²) in [5, 5.41) is 13.9. The third-order valence-corrected chi connectivity index (χ3v) is 7.89. The number of fused-ring (bicyclic) bond motifs is 1. The number of carboxylic acids is 1. The Balaban J connectivity index is 1.58. The van der Waals surface area contributed by atoms with Crippen molar-refractivity contribution in [3.63, 3.8) is 0 Å². The Morgan fingerprint density at radius 3 is 2.40 bits per heavy atom. The van der Waals surface area contributed by atoms with Gasteiger partial charge in [0.25, 0.3) is 5.91 Å². The van der Waals surface area contributed by atoms with Crippen LogP contribution in [0.5, 0.6) is 5.75 Å². The minimum atomic E-state index is -1.02. The molecule has 6 nitrogen and oxygen atoms in total. The molecule has 2 atom stereocenters. The molecule has 0 unspecified atom stereocenters. The second-order valence-corrected chi connectivity index (χ2v) is 11.1. The van der Waals surface area contributed by atoms with Crippen molar-refractivity contribution in [2.24, 2.45) is 0 Å². The van der Waals surface area contributed by atoms with Crippen LogP contribution in [0.1, 0.15) is 84.4 Å². The Labute approximate surface area is 240 Å². The fourth-order valence-corrected chi connectivity index (χ4v) is 5.09. The van der Waals surface area contributed by atoms with E-state index in [-0.39, 0.29) is 11.9 Å². The number of aliphatic carboxylic acids is 1. The second kappa shape index (κ2) is 12.2. The molecule has 7 heteroatoms. The van der Waals surface area contributed by atoms with Gasteiger partial charge in [-0.1, -0.05) is 62.7 Å². The number of halogens is 1. The number of carbonyl (C=O) groups is 2. The molecule has 210 valence electrons. The summed E-state index contributed by atoms with van der Waals surface area (Å²) in [6.07, 6.45) is -0.634. The number of ether oxygens (including phenoxy) is 1. The van der Waals surface area contributed by atoms with Gasteiger partial charge in [0.1, 0.15) is 5.75 Å². The molecule has 0 aliphatic rings. The van der Waals surface area contributed by atoms with Gasteiger partial charge in [-0.3, -0.25) is 4.79 Å². The predicted octanol–water partition coefficient (Wildman–Crippen LogP) is 7.82. The lowest BCUT2D eigenvalue weighted by Gasteiger charge is -2.17. The highest BCUT2D eigenvalue weighted by molar-refractivity contribution is 6.32. The molecule has 0 spiro atoms. The van der Waals surface area contributed by atoms with Gasteiger partial charge in [0.15, 0.2) is 6.10 Å². The Hall–Kier alpha value is -3.77. The van der Waals surface area contributed by atoms with E-state index < -0.39 is 12.1 Å². The van der Waals surface area contributed by atoms with E-state index in [0.717, 1.165) is 33.3 Å². The van der Waals surface area contributed by atoms with Crippen LogP contribution in [0.4, 0.5) is 0 Å². The molecule has 40 heavy (non-hydrogen) atoms. The van der Waals surface area contributed by atoms with Crippen LogP contribution in [-0.2, 0) is 11.3 Å². The summed E-state index contributed by atoms with van der Waals surface area (Å²) in [5.74, 6) is -0.362. The summed E-state index contributed by atoms with van der Waals surface area (Å²) < 4.78 is 7.88. The largest absolute Gasteiger partial charge is 0.479 e. The van der Waals surface area contributed by atoms with E-state index in [2.05, 4.69) is 49.7 Å². The normalized spacial score (nSPS) is 12.9. The van der Waals surface area contributed by atoms with Crippen LogP contribution in [0, 0.1) is 13.8 Å². The van der Waals surface area contributed by atoms with Gasteiger partial charge in [-0.15, -0.1) is 0 Å². The highest BCUT2D eigenvalue weighted by Gasteiger charge is 2.20. The molecule has 0 fully saturated rings. The second-order valence-electron chi connectivity index (χ2n) is 10.7. The number of nitrogens with one attached hydrogen (secondary N) is 1. The number of carbonyl (C=O) groups excluding carboxylic acids is 1. The van der Waals surface area contributed by atoms with Crippen molar-refractivity contribution >= 4 is 34.4 Å². The molecule has 1 aromatic heterocycles. The summed E-state index contributed by atoms with van der Waals surface area (Å²) in [6.45, 7) is 12.7. The standard InChI is InChI=1S/C33H37ClN2O4/c1-7-30(33(38)39)40-31-15-23(11-13-28(31)34)18-36-22(6)20(4)27-17-26(12-14-29(27)36)32(37)35-21(5)25-10-8-9-24(16-25)19(2)3/h8-17,19,21,30H,7,18H2,1-6H3,(H,35,37)(H,38,39)/t21-,30-/m0/s1. The molecule has 2 N–H and O–H groups in total. The number of aryl methyl sites for hydroxylation is 1. The number of aromatic nitrogens is 1. The molecule has 4 rings (SSSR count). The first-order valence-corrected chi connectivity index (χ1v) is 14.1. The first-order valence-electron chi connectivity index (χ1n) is 13.7. The fourth-order valence-electron chi connectivity index (χ4n) is 4.93. The summed E-state index contributed by atoms with van der Waals surface area (Å²) in [5.41, 5.74) is 7.07. The van der Waals surface area contributed by atoms with E-state index in [0.29, 0.717) is 35.2 Å². The molecule has 3 aromatic carbocycles. The van der Waals surface area contributed by atoms with E-state index in [1.165, 1.54) is 5.56 Å². The molecule has 0 aliphatic heterocycles. The molecular formula is C33H37ClN2O4. The quantitative estimate of drug-likeness (QED) is 0.207. The smallest absolute Gasteiger partial charge is 0.344 e. The molecule has 1 amide bonds. The first kappa shape index (κ1) is 29.2. The van der Waals surface area contributed by atoms with Crippen LogP contribution in [0.25, 0.3) is 10.9 Å². The summed E-state index contributed by atoms with van der Waals surface area (Å²) in [4.78, 5) is 24.7. The van der Waals surface area contributed by atoms with Crippen molar-refractivity contribution in [3.8, 4) is 5.75 Å². The van der Waals surface area contributed by atoms with Gasteiger partial charge in [-0.05, 0) is 85.7 Å². The maximum Gasteiger partial charge on any atom is 0.344 e. The van der Waals surface area contributed by atoms with Crippen molar-refractivity contribution in [1.82, 2.24) is 9.88 Å². The number of hydrogen-bond acceptors (Lipinski definition) is 3. The Morgan fingerprint density at radius 2 is 1.73 bits per heavy atom. The number of benzene rings is 3. The van der Waals surface area contributed by atoms with Gasteiger partial charge in [0.2, 0.25) is 0 Å². The average molecular weight is 561 g/mol. The first-order chi connectivity index (χ1) is 19.0. The summed E-state index contributed by atoms with van der Waals surface area (Å²) in [6, 6.07) is 19.5. The van der Waals surface area contributed by atoms with Gasteiger partial charge in [0.05, 0.1) is 11.1 Å². The maximum atomic E-state index is 13.2. The molecular weight excluding hydrogens is 524 g/mol. The Morgan fingerprint density at radius 1 is 1.00 bits per heavy atom. The SMILES string of the molecule is CC[C@H](Oc1cc(Cn2c(C)c(C)c3cc(C(=O)N[C@@H](C)c4cccc(C(C)C)c4)ccc32)ccc1Cl)C(=O)O.